The normalized spacial score (nSPS) is 16.8. The zero-order valence-electron chi connectivity index (χ0n) is 17.7. The Balaban J connectivity index is 1.15. The summed E-state index contributed by atoms with van der Waals surface area (Å²) in [6.07, 6.45) is 2.43. The number of fused-ring (bicyclic) bond motifs is 1. The lowest BCUT2D eigenvalue weighted by atomic mass is 10.0. The molecule has 1 N–H and O–H groups in total. The number of hydrogen-bond donors (Lipinski definition) is 1. The van der Waals surface area contributed by atoms with Crippen LogP contribution in [0.25, 0.3) is 0 Å². The predicted molar refractivity (Wildman–Crippen MR) is 119 cm³/mol. The summed E-state index contributed by atoms with van der Waals surface area (Å²) < 4.78 is 11.4. The first kappa shape index (κ1) is 20.7. The van der Waals surface area contributed by atoms with Gasteiger partial charge in [0.1, 0.15) is 5.75 Å². The number of anilines is 2. The van der Waals surface area contributed by atoms with Crippen molar-refractivity contribution in [2.24, 2.45) is 0 Å². The third-order valence-electron chi connectivity index (χ3n) is 5.90. The highest BCUT2D eigenvalue weighted by atomic mass is 16.5. The molecule has 0 spiro atoms. The molecule has 30 heavy (non-hydrogen) atoms. The van der Waals surface area contributed by atoms with Gasteiger partial charge in [-0.3, -0.25) is 9.69 Å². The number of piperazine rings is 1. The number of nitrogens with zero attached hydrogens (tertiary/aromatic N) is 2. The van der Waals surface area contributed by atoms with Crippen molar-refractivity contribution in [1.29, 1.82) is 0 Å². The summed E-state index contributed by atoms with van der Waals surface area (Å²) in [6, 6.07) is 14.5. The molecule has 0 aliphatic carbocycles. The topological polar surface area (TPSA) is 54.0 Å². The minimum Gasteiger partial charge on any atom is -0.495 e. The van der Waals surface area contributed by atoms with E-state index in [0.717, 1.165) is 69.2 Å². The number of benzene rings is 2. The summed E-state index contributed by atoms with van der Waals surface area (Å²) in [5.41, 5.74) is 4.46. The van der Waals surface area contributed by atoms with Crippen LogP contribution in [0.3, 0.4) is 0 Å². The molecule has 2 aromatic carbocycles. The lowest BCUT2D eigenvalue weighted by Gasteiger charge is -2.36. The number of methoxy groups -OCH3 is 1. The van der Waals surface area contributed by atoms with E-state index in [9.17, 15) is 4.79 Å². The minimum atomic E-state index is 0.103. The van der Waals surface area contributed by atoms with Gasteiger partial charge in [0, 0.05) is 51.4 Å². The van der Waals surface area contributed by atoms with Crippen LogP contribution >= 0.6 is 0 Å². The number of para-hydroxylation sites is 2. The van der Waals surface area contributed by atoms with Gasteiger partial charge in [0.15, 0.2) is 0 Å². The SMILES string of the molecule is COc1ccccc1N1CCN(CCCOCc2ccc3c(c2)NC(=O)CC3)CC1. The van der Waals surface area contributed by atoms with E-state index in [0.29, 0.717) is 13.0 Å². The third-order valence-corrected chi connectivity index (χ3v) is 5.90. The highest BCUT2D eigenvalue weighted by Gasteiger charge is 2.19. The van der Waals surface area contributed by atoms with Crippen LogP contribution in [0.1, 0.15) is 24.0 Å². The molecule has 1 fully saturated rings. The van der Waals surface area contributed by atoms with E-state index in [4.69, 9.17) is 9.47 Å². The Bertz CT molecular complexity index is 863. The maximum atomic E-state index is 11.6. The van der Waals surface area contributed by atoms with Crippen LogP contribution in [0.5, 0.6) is 5.75 Å². The van der Waals surface area contributed by atoms with Crippen LogP contribution in [0, 0.1) is 0 Å². The molecule has 4 rings (SSSR count). The number of nitrogens with one attached hydrogen (secondary N) is 1. The fourth-order valence-corrected chi connectivity index (χ4v) is 4.19. The van der Waals surface area contributed by atoms with Crippen LogP contribution in [0.15, 0.2) is 42.5 Å². The smallest absolute Gasteiger partial charge is 0.224 e. The molecule has 2 heterocycles. The number of carbonyl (C=O) groups excluding carboxylic acids is 1. The van der Waals surface area contributed by atoms with E-state index in [-0.39, 0.29) is 5.91 Å². The molecule has 0 bridgehead atoms. The van der Waals surface area contributed by atoms with Gasteiger partial charge in [0.2, 0.25) is 5.91 Å². The molecule has 0 aromatic heterocycles. The molecular weight excluding hydrogens is 378 g/mol. The van der Waals surface area contributed by atoms with Gasteiger partial charge in [-0.15, -0.1) is 0 Å². The van der Waals surface area contributed by atoms with Crippen molar-refractivity contribution < 1.29 is 14.3 Å². The number of hydrogen-bond acceptors (Lipinski definition) is 5. The summed E-state index contributed by atoms with van der Waals surface area (Å²) in [4.78, 5) is 16.5. The molecule has 0 atom stereocenters. The van der Waals surface area contributed by atoms with Crippen molar-refractivity contribution >= 4 is 17.3 Å². The largest absolute Gasteiger partial charge is 0.495 e. The molecule has 6 nitrogen and oxygen atoms in total. The first-order valence-corrected chi connectivity index (χ1v) is 10.8. The fourth-order valence-electron chi connectivity index (χ4n) is 4.19. The van der Waals surface area contributed by atoms with Crippen molar-refractivity contribution in [2.75, 3.05) is 56.7 Å². The molecule has 2 aliphatic heterocycles. The van der Waals surface area contributed by atoms with Crippen LogP contribution in [0.4, 0.5) is 11.4 Å². The van der Waals surface area contributed by atoms with Crippen molar-refractivity contribution in [2.45, 2.75) is 25.9 Å². The number of amides is 1. The van der Waals surface area contributed by atoms with Crippen molar-refractivity contribution in [1.82, 2.24) is 4.90 Å². The van der Waals surface area contributed by atoms with Crippen molar-refractivity contribution in [3.8, 4) is 5.75 Å². The quantitative estimate of drug-likeness (QED) is 0.678. The highest BCUT2D eigenvalue weighted by molar-refractivity contribution is 5.93. The lowest BCUT2D eigenvalue weighted by Crippen LogP contribution is -2.46. The van der Waals surface area contributed by atoms with E-state index < -0.39 is 0 Å². The average molecular weight is 410 g/mol. The molecule has 160 valence electrons. The van der Waals surface area contributed by atoms with E-state index in [1.165, 1.54) is 11.3 Å². The third kappa shape index (κ3) is 5.12. The standard InChI is InChI=1S/C24H31N3O3/c1-29-23-6-3-2-5-22(23)27-14-12-26(13-15-27)11-4-16-30-18-19-7-8-20-9-10-24(28)25-21(20)17-19/h2-3,5-8,17H,4,9-16,18H2,1H3,(H,25,28). The van der Waals surface area contributed by atoms with Gasteiger partial charge in [0.25, 0.3) is 0 Å². The minimum absolute atomic E-state index is 0.103. The van der Waals surface area contributed by atoms with Gasteiger partial charge in [-0.1, -0.05) is 24.3 Å². The zero-order valence-corrected chi connectivity index (χ0v) is 17.7. The molecule has 0 radical (unpaired) electrons. The molecule has 2 aromatic rings. The van der Waals surface area contributed by atoms with Crippen LogP contribution < -0.4 is 15.0 Å². The Kier molecular flexibility index (Phi) is 6.87. The monoisotopic (exact) mass is 409 g/mol. The number of rotatable bonds is 8. The molecule has 1 saturated heterocycles. The first-order chi connectivity index (χ1) is 14.7. The molecule has 2 aliphatic rings. The Morgan fingerprint density at radius 2 is 1.87 bits per heavy atom. The van der Waals surface area contributed by atoms with Crippen LogP contribution in [0.2, 0.25) is 0 Å². The average Bonchev–Trinajstić information content (AvgIpc) is 2.79. The van der Waals surface area contributed by atoms with Gasteiger partial charge in [-0.25, -0.2) is 0 Å². The van der Waals surface area contributed by atoms with Crippen molar-refractivity contribution in [3.63, 3.8) is 0 Å². The predicted octanol–water partition coefficient (Wildman–Crippen LogP) is 3.31. The van der Waals surface area contributed by atoms with E-state index in [1.54, 1.807) is 7.11 Å². The van der Waals surface area contributed by atoms with E-state index >= 15 is 0 Å². The van der Waals surface area contributed by atoms with Crippen LogP contribution in [-0.4, -0.2) is 57.2 Å². The molecule has 1 amide bonds. The Labute approximate surface area is 178 Å². The molecule has 6 heteroatoms. The zero-order chi connectivity index (χ0) is 20.8. The van der Waals surface area contributed by atoms with Crippen LogP contribution in [-0.2, 0) is 22.6 Å². The Hall–Kier alpha value is -2.57. The maximum Gasteiger partial charge on any atom is 0.224 e. The number of ether oxygens (including phenoxy) is 2. The first-order valence-electron chi connectivity index (χ1n) is 10.8. The maximum absolute atomic E-state index is 11.6. The summed E-state index contributed by atoms with van der Waals surface area (Å²) in [6.45, 7) is 6.54. The molecule has 0 saturated carbocycles. The number of aryl methyl sites for hydroxylation is 1. The van der Waals surface area contributed by atoms with E-state index in [2.05, 4.69) is 39.4 Å². The second kappa shape index (κ2) is 9.96. The number of carbonyl (C=O) groups is 1. The summed E-state index contributed by atoms with van der Waals surface area (Å²) in [5.74, 6) is 1.05. The van der Waals surface area contributed by atoms with Gasteiger partial charge in [0.05, 0.1) is 19.4 Å². The summed E-state index contributed by atoms with van der Waals surface area (Å²) in [5, 5.41) is 2.95. The van der Waals surface area contributed by atoms with Gasteiger partial charge >= 0.3 is 0 Å². The highest BCUT2D eigenvalue weighted by Crippen LogP contribution is 2.28. The summed E-state index contributed by atoms with van der Waals surface area (Å²) in [7, 11) is 1.73. The Morgan fingerprint density at radius 3 is 2.70 bits per heavy atom. The fraction of sp³-hybridized carbons (Fsp3) is 0.458. The second-order valence-electron chi connectivity index (χ2n) is 7.95. The molecule has 0 unspecified atom stereocenters. The summed E-state index contributed by atoms with van der Waals surface area (Å²) >= 11 is 0. The van der Waals surface area contributed by atoms with Gasteiger partial charge in [-0.05, 0) is 42.2 Å². The van der Waals surface area contributed by atoms with Crippen molar-refractivity contribution in [3.05, 3.63) is 53.6 Å². The molecular formula is C24H31N3O3. The second-order valence-corrected chi connectivity index (χ2v) is 7.95. The van der Waals surface area contributed by atoms with Gasteiger partial charge < -0.3 is 19.7 Å². The lowest BCUT2D eigenvalue weighted by molar-refractivity contribution is -0.116. The Morgan fingerprint density at radius 1 is 1.03 bits per heavy atom. The van der Waals surface area contributed by atoms with E-state index in [1.807, 2.05) is 18.2 Å². The van der Waals surface area contributed by atoms with Gasteiger partial charge in [-0.2, -0.15) is 0 Å².